The van der Waals surface area contributed by atoms with Crippen LogP contribution >= 0.6 is 0 Å². The Hall–Kier alpha value is -3.34. The van der Waals surface area contributed by atoms with Crippen molar-refractivity contribution in [1.29, 1.82) is 0 Å². The van der Waals surface area contributed by atoms with Gasteiger partial charge < -0.3 is 14.6 Å². The van der Waals surface area contributed by atoms with Gasteiger partial charge in [-0.3, -0.25) is 0 Å². The van der Waals surface area contributed by atoms with E-state index in [-0.39, 0.29) is 17.9 Å². The molecule has 0 radical (unpaired) electrons. The van der Waals surface area contributed by atoms with Gasteiger partial charge in [0.1, 0.15) is 11.3 Å². The first-order chi connectivity index (χ1) is 12.6. The molecule has 3 aromatic rings. The summed E-state index contributed by atoms with van der Waals surface area (Å²) in [7, 11) is 1.33. The number of ether oxygens (including phenoxy) is 2. The van der Waals surface area contributed by atoms with E-state index in [1.54, 1.807) is 49.4 Å². The highest BCUT2D eigenvalue weighted by molar-refractivity contribution is 6.07. The summed E-state index contributed by atoms with van der Waals surface area (Å²) >= 11 is 0. The Labute approximate surface area is 150 Å². The van der Waals surface area contributed by atoms with E-state index in [9.17, 15) is 14.7 Å². The zero-order chi connectivity index (χ0) is 18.7. The van der Waals surface area contributed by atoms with Gasteiger partial charge in [0.2, 0.25) is 0 Å². The standard InChI is InChI=1S/C21H18O5/c1-3-26-21(24)18-12-17(15-6-4-5-7-16(15)19(18)22)13-8-10-14(11-9-13)20(23)25-2/h4-12,22H,3H2,1-2H3. The van der Waals surface area contributed by atoms with Crippen LogP contribution in [0.25, 0.3) is 21.9 Å². The van der Waals surface area contributed by atoms with Gasteiger partial charge in [-0.05, 0) is 41.6 Å². The molecule has 3 aromatic carbocycles. The fraction of sp³-hybridized carbons (Fsp3) is 0.143. The molecule has 0 unspecified atom stereocenters. The Morgan fingerprint density at radius 1 is 0.962 bits per heavy atom. The molecule has 0 spiro atoms. The fourth-order valence-corrected chi connectivity index (χ4v) is 2.87. The molecule has 0 bridgehead atoms. The normalized spacial score (nSPS) is 10.5. The third kappa shape index (κ3) is 3.11. The number of esters is 2. The Morgan fingerprint density at radius 3 is 2.23 bits per heavy atom. The van der Waals surface area contributed by atoms with E-state index in [1.165, 1.54) is 7.11 Å². The number of phenols is 1. The molecule has 5 heteroatoms. The van der Waals surface area contributed by atoms with Gasteiger partial charge in [-0.15, -0.1) is 0 Å². The highest BCUT2D eigenvalue weighted by Gasteiger charge is 2.19. The van der Waals surface area contributed by atoms with Crippen molar-refractivity contribution in [3.63, 3.8) is 0 Å². The summed E-state index contributed by atoms with van der Waals surface area (Å²) in [6.07, 6.45) is 0. The van der Waals surface area contributed by atoms with Crippen molar-refractivity contribution < 1.29 is 24.2 Å². The topological polar surface area (TPSA) is 72.8 Å². The van der Waals surface area contributed by atoms with Crippen molar-refractivity contribution in [1.82, 2.24) is 0 Å². The van der Waals surface area contributed by atoms with Crippen LogP contribution in [0.15, 0.2) is 54.6 Å². The number of phenolic OH excluding ortho intramolecular Hbond substituents is 1. The largest absolute Gasteiger partial charge is 0.506 e. The third-order valence-electron chi connectivity index (χ3n) is 4.13. The van der Waals surface area contributed by atoms with Gasteiger partial charge >= 0.3 is 11.9 Å². The average Bonchev–Trinajstić information content (AvgIpc) is 2.68. The maximum atomic E-state index is 12.2. The van der Waals surface area contributed by atoms with Crippen LogP contribution in [0.1, 0.15) is 27.6 Å². The van der Waals surface area contributed by atoms with Crippen LogP contribution in [-0.2, 0) is 9.47 Å². The van der Waals surface area contributed by atoms with E-state index in [0.717, 1.165) is 16.5 Å². The molecule has 0 saturated carbocycles. The number of carbonyl (C=O) groups is 2. The Balaban J connectivity index is 2.20. The van der Waals surface area contributed by atoms with Gasteiger partial charge in [0.15, 0.2) is 0 Å². The molecule has 0 aromatic heterocycles. The second-order valence-electron chi connectivity index (χ2n) is 5.66. The van der Waals surface area contributed by atoms with Crippen LogP contribution in [0.4, 0.5) is 0 Å². The molecular weight excluding hydrogens is 332 g/mol. The van der Waals surface area contributed by atoms with E-state index in [4.69, 9.17) is 9.47 Å². The second-order valence-corrected chi connectivity index (χ2v) is 5.66. The van der Waals surface area contributed by atoms with E-state index >= 15 is 0 Å². The number of methoxy groups -OCH3 is 1. The molecular formula is C21H18O5. The predicted octanol–water partition coefficient (Wildman–Crippen LogP) is 4.18. The SMILES string of the molecule is CCOC(=O)c1cc(-c2ccc(C(=O)OC)cc2)c2ccccc2c1O. The third-order valence-corrected chi connectivity index (χ3v) is 4.13. The summed E-state index contributed by atoms with van der Waals surface area (Å²) in [5.74, 6) is -1.10. The highest BCUT2D eigenvalue weighted by atomic mass is 16.5. The van der Waals surface area contributed by atoms with Crippen molar-refractivity contribution >= 4 is 22.7 Å². The number of hydrogen-bond acceptors (Lipinski definition) is 5. The van der Waals surface area contributed by atoms with Gasteiger partial charge in [-0.1, -0.05) is 36.4 Å². The summed E-state index contributed by atoms with van der Waals surface area (Å²) in [6.45, 7) is 1.93. The van der Waals surface area contributed by atoms with Crippen LogP contribution in [0.5, 0.6) is 5.75 Å². The van der Waals surface area contributed by atoms with Gasteiger partial charge in [-0.25, -0.2) is 9.59 Å². The molecule has 0 fully saturated rings. The van der Waals surface area contributed by atoms with E-state index in [1.807, 2.05) is 12.1 Å². The molecule has 0 saturated heterocycles. The van der Waals surface area contributed by atoms with Crippen LogP contribution in [0.3, 0.4) is 0 Å². The number of carbonyl (C=O) groups excluding carboxylic acids is 2. The van der Waals surface area contributed by atoms with Gasteiger partial charge in [0.25, 0.3) is 0 Å². The Morgan fingerprint density at radius 2 is 1.62 bits per heavy atom. The number of hydrogen-bond donors (Lipinski definition) is 1. The van der Waals surface area contributed by atoms with Gasteiger partial charge in [0.05, 0.1) is 19.3 Å². The highest BCUT2D eigenvalue weighted by Crippen LogP contribution is 2.37. The second kappa shape index (κ2) is 7.27. The first-order valence-electron chi connectivity index (χ1n) is 8.17. The summed E-state index contributed by atoms with van der Waals surface area (Å²) in [5.41, 5.74) is 2.11. The summed E-state index contributed by atoms with van der Waals surface area (Å²) in [5, 5.41) is 11.9. The monoisotopic (exact) mass is 350 g/mol. The molecule has 5 nitrogen and oxygen atoms in total. The quantitative estimate of drug-likeness (QED) is 0.715. The number of rotatable bonds is 4. The van der Waals surface area contributed by atoms with Crippen molar-refractivity contribution in [2.24, 2.45) is 0 Å². The molecule has 132 valence electrons. The summed E-state index contributed by atoms with van der Waals surface area (Å²) in [6, 6.07) is 15.8. The molecule has 0 atom stereocenters. The van der Waals surface area contributed by atoms with Crippen molar-refractivity contribution in [3.8, 4) is 16.9 Å². The van der Waals surface area contributed by atoms with Crippen molar-refractivity contribution in [2.45, 2.75) is 6.92 Å². The molecule has 1 N–H and O–H groups in total. The molecule has 0 aliphatic heterocycles. The maximum absolute atomic E-state index is 12.2. The van der Waals surface area contributed by atoms with Gasteiger partial charge in [-0.2, -0.15) is 0 Å². The van der Waals surface area contributed by atoms with Crippen LogP contribution < -0.4 is 0 Å². The predicted molar refractivity (Wildman–Crippen MR) is 98.3 cm³/mol. The first kappa shape index (κ1) is 17.5. The lowest BCUT2D eigenvalue weighted by atomic mass is 9.94. The van der Waals surface area contributed by atoms with Crippen LogP contribution in [0, 0.1) is 0 Å². The lowest BCUT2D eigenvalue weighted by molar-refractivity contribution is 0.0522. The average molecular weight is 350 g/mol. The first-order valence-corrected chi connectivity index (χ1v) is 8.17. The summed E-state index contributed by atoms with van der Waals surface area (Å²) < 4.78 is 9.77. The van der Waals surface area contributed by atoms with E-state index in [2.05, 4.69) is 0 Å². The molecule has 3 rings (SSSR count). The lowest BCUT2D eigenvalue weighted by Crippen LogP contribution is -2.05. The lowest BCUT2D eigenvalue weighted by Gasteiger charge is -2.13. The molecule has 0 amide bonds. The van der Waals surface area contributed by atoms with E-state index in [0.29, 0.717) is 10.9 Å². The Bertz CT molecular complexity index is 974. The molecule has 0 aliphatic carbocycles. The van der Waals surface area contributed by atoms with Gasteiger partial charge in [0, 0.05) is 5.39 Å². The molecule has 0 aliphatic rings. The minimum atomic E-state index is -0.580. The number of fused-ring (bicyclic) bond motifs is 1. The smallest absolute Gasteiger partial charge is 0.341 e. The van der Waals surface area contributed by atoms with Crippen LogP contribution in [-0.4, -0.2) is 30.8 Å². The van der Waals surface area contributed by atoms with Crippen LogP contribution in [0.2, 0.25) is 0 Å². The van der Waals surface area contributed by atoms with Crippen molar-refractivity contribution in [2.75, 3.05) is 13.7 Å². The Kier molecular flexibility index (Phi) is 4.89. The number of aromatic hydroxyl groups is 1. The maximum Gasteiger partial charge on any atom is 0.341 e. The fourth-order valence-electron chi connectivity index (χ4n) is 2.87. The van der Waals surface area contributed by atoms with Crippen molar-refractivity contribution in [3.05, 3.63) is 65.7 Å². The number of benzene rings is 3. The minimum absolute atomic E-state index is 0.103. The zero-order valence-corrected chi connectivity index (χ0v) is 14.5. The zero-order valence-electron chi connectivity index (χ0n) is 14.5. The van der Waals surface area contributed by atoms with E-state index < -0.39 is 11.9 Å². The molecule has 26 heavy (non-hydrogen) atoms. The molecule has 0 heterocycles. The summed E-state index contributed by atoms with van der Waals surface area (Å²) in [4.78, 5) is 23.8. The minimum Gasteiger partial charge on any atom is -0.506 e.